The van der Waals surface area contributed by atoms with Crippen LogP contribution in [0.25, 0.3) is 0 Å². The van der Waals surface area contributed by atoms with Crippen molar-refractivity contribution < 1.29 is 4.79 Å². The van der Waals surface area contributed by atoms with Crippen LogP contribution in [0.15, 0.2) is 29.2 Å². The van der Waals surface area contributed by atoms with E-state index in [4.69, 9.17) is 0 Å². The molecule has 0 unspecified atom stereocenters. The first-order valence-corrected chi connectivity index (χ1v) is 6.47. The molecule has 1 saturated heterocycles. The zero-order valence-corrected chi connectivity index (χ0v) is 10.7. The topological polar surface area (TPSA) is 32.3 Å². The summed E-state index contributed by atoms with van der Waals surface area (Å²) in [5.74, 6) is 0.223. The first-order chi connectivity index (χ1) is 8.25. The Hall–Kier alpha value is -1.00. The minimum Gasteiger partial charge on any atom is -0.341 e. The van der Waals surface area contributed by atoms with Gasteiger partial charge in [-0.15, -0.1) is 12.6 Å². The van der Waals surface area contributed by atoms with Crippen LogP contribution in [-0.2, 0) is 11.2 Å². The highest BCUT2D eigenvalue weighted by Crippen LogP contribution is 2.09. The number of carbonyl (C=O) groups is 1. The Bertz CT molecular complexity index is 370. The smallest absolute Gasteiger partial charge is 0.227 e. The standard InChI is InChI=1S/C13H18N2OS/c16-13(15-8-1-6-14-7-9-15)10-11-2-4-12(17)5-3-11/h2-5,14,17H,1,6-10H2. The lowest BCUT2D eigenvalue weighted by Gasteiger charge is -2.19. The monoisotopic (exact) mass is 250 g/mol. The molecule has 0 spiro atoms. The van der Waals surface area contributed by atoms with Gasteiger partial charge in [-0.1, -0.05) is 12.1 Å². The first kappa shape index (κ1) is 12.5. The Morgan fingerprint density at radius 2 is 2.00 bits per heavy atom. The average molecular weight is 250 g/mol. The van der Waals surface area contributed by atoms with Gasteiger partial charge in [-0.05, 0) is 30.7 Å². The maximum absolute atomic E-state index is 12.1. The fraction of sp³-hybridized carbons (Fsp3) is 0.462. The van der Waals surface area contributed by atoms with Crippen LogP contribution in [0.1, 0.15) is 12.0 Å². The number of nitrogens with one attached hydrogen (secondary N) is 1. The van der Waals surface area contributed by atoms with Crippen LogP contribution < -0.4 is 5.32 Å². The Balaban J connectivity index is 1.93. The third-order valence-corrected chi connectivity index (χ3v) is 3.28. The maximum Gasteiger partial charge on any atom is 0.227 e. The van der Waals surface area contributed by atoms with Crippen molar-refractivity contribution in [2.45, 2.75) is 17.7 Å². The largest absolute Gasteiger partial charge is 0.341 e. The van der Waals surface area contributed by atoms with Gasteiger partial charge in [0.25, 0.3) is 0 Å². The fourth-order valence-electron chi connectivity index (χ4n) is 2.00. The van der Waals surface area contributed by atoms with Crippen LogP contribution in [0.2, 0.25) is 0 Å². The Morgan fingerprint density at radius 3 is 2.76 bits per heavy atom. The summed E-state index contributed by atoms with van der Waals surface area (Å²) in [5.41, 5.74) is 1.06. The molecule has 1 heterocycles. The van der Waals surface area contributed by atoms with E-state index < -0.39 is 0 Å². The van der Waals surface area contributed by atoms with Crippen molar-refractivity contribution in [3.05, 3.63) is 29.8 Å². The molecule has 1 N–H and O–H groups in total. The fourth-order valence-corrected chi connectivity index (χ4v) is 2.14. The molecule has 1 fully saturated rings. The molecule has 1 aliphatic heterocycles. The van der Waals surface area contributed by atoms with Crippen molar-refractivity contribution in [1.29, 1.82) is 0 Å². The predicted octanol–water partition coefficient (Wildman–Crippen LogP) is 1.34. The van der Waals surface area contributed by atoms with Crippen molar-refractivity contribution in [2.75, 3.05) is 26.2 Å². The van der Waals surface area contributed by atoms with Gasteiger partial charge in [0.05, 0.1) is 6.42 Å². The maximum atomic E-state index is 12.1. The van der Waals surface area contributed by atoms with E-state index in [0.29, 0.717) is 6.42 Å². The molecular formula is C13H18N2OS. The summed E-state index contributed by atoms with van der Waals surface area (Å²) in [6, 6.07) is 7.79. The minimum absolute atomic E-state index is 0.223. The molecule has 17 heavy (non-hydrogen) atoms. The minimum atomic E-state index is 0.223. The van der Waals surface area contributed by atoms with Gasteiger partial charge in [-0.25, -0.2) is 0 Å². The number of amides is 1. The molecule has 2 rings (SSSR count). The Morgan fingerprint density at radius 1 is 1.24 bits per heavy atom. The third-order valence-electron chi connectivity index (χ3n) is 2.98. The summed E-state index contributed by atoms with van der Waals surface area (Å²) >= 11 is 4.23. The van der Waals surface area contributed by atoms with Gasteiger partial charge in [0.1, 0.15) is 0 Å². The van der Waals surface area contributed by atoms with Gasteiger partial charge < -0.3 is 10.2 Å². The van der Waals surface area contributed by atoms with Crippen molar-refractivity contribution >= 4 is 18.5 Å². The van der Waals surface area contributed by atoms with Crippen LogP contribution in [0.3, 0.4) is 0 Å². The number of hydrogen-bond donors (Lipinski definition) is 2. The number of benzene rings is 1. The molecule has 0 radical (unpaired) electrons. The summed E-state index contributed by atoms with van der Waals surface area (Å²) in [5, 5.41) is 3.30. The molecule has 0 atom stereocenters. The number of hydrogen-bond acceptors (Lipinski definition) is 3. The molecule has 0 bridgehead atoms. The average Bonchev–Trinajstić information content (AvgIpc) is 2.61. The van der Waals surface area contributed by atoms with Crippen LogP contribution in [0, 0.1) is 0 Å². The third kappa shape index (κ3) is 3.75. The lowest BCUT2D eigenvalue weighted by atomic mass is 10.1. The highest BCUT2D eigenvalue weighted by atomic mass is 32.1. The second kappa shape index (κ2) is 6.07. The SMILES string of the molecule is O=C(Cc1ccc(S)cc1)N1CCCNCC1. The summed E-state index contributed by atoms with van der Waals surface area (Å²) in [6.07, 6.45) is 1.54. The van der Waals surface area contributed by atoms with Crippen LogP contribution in [0.5, 0.6) is 0 Å². The molecule has 1 aliphatic rings. The van der Waals surface area contributed by atoms with Gasteiger partial charge >= 0.3 is 0 Å². The van der Waals surface area contributed by atoms with Crippen molar-refractivity contribution in [3.63, 3.8) is 0 Å². The molecule has 3 nitrogen and oxygen atoms in total. The van der Waals surface area contributed by atoms with E-state index in [1.54, 1.807) is 0 Å². The number of carbonyl (C=O) groups excluding carboxylic acids is 1. The van der Waals surface area contributed by atoms with Gasteiger partial charge in [0, 0.05) is 24.5 Å². The highest BCUT2D eigenvalue weighted by molar-refractivity contribution is 7.80. The quantitative estimate of drug-likeness (QED) is 0.776. The first-order valence-electron chi connectivity index (χ1n) is 6.02. The second-order valence-electron chi connectivity index (χ2n) is 4.33. The van der Waals surface area contributed by atoms with E-state index in [9.17, 15) is 4.79 Å². The summed E-state index contributed by atoms with van der Waals surface area (Å²) < 4.78 is 0. The number of rotatable bonds is 2. The van der Waals surface area contributed by atoms with Crippen LogP contribution >= 0.6 is 12.6 Å². The molecule has 4 heteroatoms. The predicted molar refractivity (Wildman–Crippen MR) is 71.5 cm³/mol. The lowest BCUT2D eigenvalue weighted by Crippen LogP contribution is -2.35. The summed E-state index contributed by atoms with van der Waals surface area (Å²) in [7, 11) is 0. The van der Waals surface area contributed by atoms with Gasteiger partial charge in [-0.3, -0.25) is 4.79 Å². The zero-order valence-electron chi connectivity index (χ0n) is 9.85. The van der Waals surface area contributed by atoms with Crippen molar-refractivity contribution in [2.24, 2.45) is 0 Å². The molecular weight excluding hydrogens is 232 g/mol. The van der Waals surface area contributed by atoms with E-state index in [1.807, 2.05) is 29.2 Å². The zero-order chi connectivity index (χ0) is 12.1. The number of thiol groups is 1. The molecule has 0 saturated carbocycles. The van der Waals surface area contributed by atoms with Crippen LogP contribution in [-0.4, -0.2) is 37.0 Å². The summed E-state index contributed by atoms with van der Waals surface area (Å²) in [4.78, 5) is 15.0. The van der Waals surface area contributed by atoms with E-state index in [1.165, 1.54) is 0 Å². The van der Waals surface area contributed by atoms with E-state index in [-0.39, 0.29) is 5.91 Å². The number of nitrogens with zero attached hydrogens (tertiary/aromatic N) is 1. The molecule has 1 aromatic carbocycles. The van der Waals surface area contributed by atoms with Gasteiger partial charge in [-0.2, -0.15) is 0 Å². The van der Waals surface area contributed by atoms with E-state index in [2.05, 4.69) is 17.9 Å². The van der Waals surface area contributed by atoms with E-state index in [0.717, 1.165) is 43.1 Å². The lowest BCUT2D eigenvalue weighted by molar-refractivity contribution is -0.130. The highest BCUT2D eigenvalue weighted by Gasteiger charge is 2.15. The molecule has 0 aliphatic carbocycles. The van der Waals surface area contributed by atoms with Gasteiger partial charge in [0.15, 0.2) is 0 Å². The molecule has 0 aromatic heterocycles. The normalized spacial score (nSPS) is 16.6. The second-order valence-corrected chi connectivity index (χ2v) is 4.84. The molecule has 1 aromatic rings. The van der Waals surface area contributed by atoms with Crippen molar-refractivity contribution in [1.82, 2.24) is 10.2 Å². The van der Waals surface area contributed by atoms with Crippen LogP contribution in [0.4, 0.5) is 0 Å². The Kier molecular flexibility index (Phi) is 4.45. The molecule has 92 valence electrons. The molecule has 1 amide bonds. The van der Waals surface area contributed by atoms with E-state index >= 15 is 0 Å². The Labute approximate surface area is 108 Å². The summed E-state index contributed by atoms with van der Waals surface area (Å²) in [6.45, 7) is 3.61. The van der Waals surface area contributed by atoms with Gasteiger partial charge in [0.2, 0.25) is 5.91 Å². The van der Waals surface area contributed by atoms with Crippen molar-refractivity contribution in [3.8, 4) is 0 Å².